The molecule has 0 aromatic heterocycles. The predicted molar refractivity (Wildman–Crippen MR) is 121 cm³/mol. The van der Waals surface area contributed by atoms with Crippen molar-refractivity contribution in [1.29, 1.82) is 5.26 Å². The Labute approximate surface area is 193 Å². The molecule has 0 unspecified atom stereocenters. The zero-order valence-electron chi connectivity index (χ0n) is 18.8. The molecule has 0 heterocycles. The molecule has 0 aliphatic heterocycles. The van der Waals surface area contributed by atoms with Crippen LogP contribution in [-0.2, 0) is 32.3 Å². The van der Waals surface area contributed by atoms with Gasteiger partial charge in [0.1, 0.15) is 25.3 Å². The molecule has 2 aromatic rings. The van der Waals surface area contributed by atoms with Gasteiger partial charge in [-0.25, -0.2) is 4.79 Å². The summed E-state index contributed by atoms with van der Waals surface area (Å²) in [7, 11) is 0. The van der Waals surface area contributed by atoms with Crippen molar-refractivity contribution in [3.63, 3.8) is 0 Å². The highest BCUT2D eigenvalue weighted by Crippen LogP contribution is 2.08. The number of carbonyl (C=O) groups excluding carboxylic acids is 3. The Morgan fingerprint density at radius 1 is 0.879 bits per heavy atom. The van der Waals surface area contributed by atoms with Gasteiger partial charge in [-0.15, -0.1) is 0 Å². The van der Waals surface area contributed by atoms with Gasteiger partial charge in [0.05, 0.1) is 12.5 Å². The lowest BCUT2D eigenvalue weighted by Crippen LogP contribution is -2.50. The minimum Gasteiger partial charge on any atom is -0.461 e. The van der Waals surface area contributed by atoms with Crippen molar-refractivity contribution >= 4 is 18.0 Å². The summed E-state index contributed by atoms with van der Waals surface area (Å²) in [6, 6.07) is 18.2. The smallest absolute Gasteiger partial charge is 0.408 e. The van der Waals surface area contributed by atoms with Gasteiger partial charge in [0.25, 0.3) is 0 Å². The number of amides is 2. The van der Waals surface area contributed by atoms with Gasteiger partial charge in [-0.05, 0) is 23.5 Å². The first-order valence-corrected chi connectivity index (χ1v) is 10.7. The summed E-state index contributed by atoms with van der Waals surface area (Å²) in [6.07, 6.45) is -0.708. The molecule has 2 amide bonds. The number of rotatable bonds is 11. The van der Waals surface area contributed by atoms with Gasteiger partial charge in [0, 0.05) is 0 Å². The lowest BCUT2D eigenvalue weighted by molar-refractivity contribution is -0.145. The summed E-state index contributed by atoms with van der Waals surface area (Å²) in [5, 5.41) is 14.4. The van der Waals surface area contributed by atoms with E-state index in [1.54, 1.807) is 0 Å². The molecule has 8 nitrogen and oxygen atoms in total. The standard InChI is InChI=1S/C25H29N3O5/c1-18(2)13-22(28-25(31)33-17-20-11-7-4-8-12-20)24(30)27-21(15-26)14-23(29)32-16-19-9-5-3-6-10-19/h3-12,18,21-22H,13-14,16-17H2,1-2H3,(H,27,30)(H,28,31)/t21-,22-/m0/s1. The van der Waals surface area contributed by atoms with Crippen LogP contribution in [-0.4, -0.2) is 30.1 Å². The molecule has 0 radical (unpaired) electrons. The number of benzene rings is 2. The van der Waals surface area contributed by atoms with Crippen molar-refractivity contribution in [3.05, 3.63) is 71.8 Å². The van der Waals surface area contributed by atoms with Crippen LogP contribution >= 0.6 is 0 Å². The Morgan fingerprint density at radius 3 is 1.94 bits per heavy atom. The largest absolute Gasteiger partial charge is 0.461 e. The maximum absolute atomic E-state index is 12.7. The van der Waals surface area contributed by atoms with E-state index in [-0.39, 0.29) is 25.6 Å². The molecule has 174 valence electrons. The summed E-state index contributed by atoms with van der Waals surface area (Å²) in [5.41, 5.74) is 1.63. The zero-order chi connectivity index (χ0) is 24.1. The van der Waals surface area contributed by atoms with Crippen LogP contribution < -0.4 is 10.6 Å². The van der Waals surface area contributed by atoms with Crippen LogP contribution in [0.25, 0.3) is 0 Å². The number of alkyl carbamates (subject to hydrolysis) is 1. The SMILES string of the molecule is CC(C)C[C@H](NC(=O)OCc1ccccc1)C(=O)N[C@H](C#N)CC(=O)OCc1ccccc1. The molecule has 8 heteroatoms. The number of nitrogens with one attached hydrogen (secondary N) is 2. The minimum absolute atomic E-state index is 0.0662. The fourth-order valence-corrected chi connectivity index (χ4v) is 2.97. The highest BCUT2D eigenvalue weighted by atomic mass is 16.5. The van der Waals surface area contributed by atoms with Crippen molar-refractivity contribution < 1.29 is 23.9 Å². The second-order valence-electron chi connectivity index (χ2n) is 7.93. The van der Waals surface area contributed by atoms with Gasteiger partial charge in [-0.3, -0.25) is 9.59 Å². The van der Waals surface area contributed by atoms with Gasteiger partial charge in [-0.2, -0.15) is 5.26 Å². The van der Waals surface area contributed by atoms with Crippen LogP contribution in [0.1, 0.15) is 37.8 Å². The normalized spacial score (nSPS) is 12.2. The minimum atomic E-state index is -1.09. The van der Waals surface area contributed by atoms with E-state index in [0.717, 1.165) is 11.1 Å². The molecule has 33 heavy (non-hydrogen) atoms. The zero-order valence-corrected chi connectivity index (χ0v) is 18.8. The van der Waals surface area contributed by atoms with Crippen molar-refractivity contribution in [2.24, 2.45) is 5.92 Å². The van der Waals surface area contributed by atoms with Gasteiger partial charge in [0.2, 0.25) is 5.91 Å². The Bertz CT molecular complexity index is 942. The number of esters is 1. The Hall–Kier alpha value is -3.86. The topological polar surface area (TPSA) is 118 Å². The Kier molecular flexibility index (Phi) is 10.4. The maximum atomic E-state index is 12.7. The third-order valence-corrected chi connectivity index (χ3v) is 4.61. The summed E-state index contributed by atoms with van der Waals surface area (Å²) < 4.78 is 10.4. The molecule has 2 aromatic carbocycles. The molecule has 0 aliphatic rings. The van der Waals surface area contributed by atoms with Crippen molar-refractivity contribution in [2.75, 3.05) is 0 Å². The van der Waals surface area contributed by atoms with E-state index >= 15 is 0 Å². The summed E-state index contributed by atoms with van der Waals surface area (Å²) in [4.78, 5) is 37.0. The fraction of sp³-hybridized carbons (Fsp3) is 0.360. The summed E-state index contributed by atoms with van der Waals surface area (Å²) in [5.74, 6) is -1.09. The maximum Gasteiger partial charge on any atom is 0.408 e. The van der Waals surface area contributed by atoms with Crippen molar-refractivity contribution in [2.45, 2.75) is 52.0 Å². The molecule has 0 spiro atoms. The van der Waals surface area contributed by atoms with Crippen LogP contribution in [0.3, 0.4) is 0 Å². The number of hydrogen-bond acceptors (Lipinski definition) is 6. The van der Waals surface area contributed by atoms with Crippen LogP contribution in [0.5, 0.6) is 0 Å². The molecule has 0 fully saturated rings. The first kappa shape index (κ1) is 25.4. The highest BCUT2D eigenvalue weighted by molar-refractivity contribution is 5.86. The third kappa shape index (κ3) is 9.87. The average molecular weight is 452 g/mol. The molecule has 2 N–H and O–H groups in total. The van der Waals surface area contributed by atoms with E-state index in [4.69, 9.17) is 9.47 Å². The summed E-state index contributed by atoms with van der Waals surface area (Å²) >= 11 is 0. The molecular formula is C25H29N3O5. The first-order chi connectivity index (χ1) is 15.9. The molecule has 2 atom stereocenters. The molecule has 0 saturated heterocycles. The van der Waals surface area contributed by atoms with Crippen molar-refractivity contribution in [1.82, 2.24) is 10.6 Å². The summed E-state index contributed by atoms with van der Waals surface area (Å²) in [6.45, 7) is 3.95. The number of carbonyl (C=O) groups is 3. The Balaban J connectivity index is 1.87. The molecule has 2 rings (SSSR count). The van der Waals surface area contributed by atoms with E-state index in [9.17, 15) is 19.6 Å². The first-order valence-electron chi connectivity index (χ1n) is 10.7. The Morgan fingerprint density at radius 2 is 1.42 bits per heavy atom. The number of hydrogen-bond donors (Lipinski definition) is 2. The lowest BCUT2D eigenvalue weighted by Gasteiger charge is -2.21. The van der Waals surface area contributed by atoms with Gasteiger partial charge >= 0.3 is 12.1 Å². The van der Waals surface area contributed by atoms with E-state index in [1.807, 2.05) is 80.6 Å². The van der Waals surface area contributed by atoms with Crippen LogP contribution in [0, 0.1) is 17.2 Å². The number of nitrogens with zero attached hydrogens (tertiary/aromatic N) is 1. The number of ether oxygens (including phenoxy) is 2. The van der Waals surface area contributed by atoms with E-state index < -0.39 is 30.1 Å². The van der Waals surface area contributed by atoms with Crippen molar-refractivity contribution in [3.8, 4) is 6.07 Å². The quantitative estimate of drug-likeness (QED) is 0.505. The van der Waals surface area contributed by atoms with E-state index in [2.05, 4.69) is 10.6 Å². The second-order valence-corrected chi connectivity index (χ2v) is 7.93. The van der Waals surface area contributed by atoms with Crippen LogP contribution in [0.15, 0.2) is 60.7 Å². The lowest BCUT2D eigenvalue weighted by atomic mass is 10.0. The van der Waals surface area contributed by atoms with E-state index in [0.29, 0.717) is 6.42 Å². The van der Waals surface area contributed by atoms with Crippen LogP contribution in [0.4, 0.5) is 4.79 Å². The third-order valence-electron chi connectivity index (χ3n) is 4.61. The highest BCUT2D eigenvalue weighted by Gasteiger charge is 2.26. The molecule has 0 aliphatic carbocycles. The van der Waals surface area contributed by atoms with Gasteiger partial charge in [-0.1, -0.05) is 74.5 Å². The molecular weight excluding hydrogens is 422 g/mol. The van der Waals surface area contributed by atoms with Gasteiger partial charge in [0.15, 0.2) is 0 Å². The average Bonchev–Trinajstić information content (AvgIpc) is 2.81. The predicted octanol–water partition coefficient (Wildman–Crippen LogP) is 3.47. The molecule has 0 bridgehead atoms. The monoisotopic (exact) mass is 451 g/mol. The molecule has 0 saturated carbocycles. The van der Waals surface area contributed by atoms with E-state index in [1.165, 1.54) is 0 Å². The number of nitriles is 1. The van der Waals surface area contributed by atoms with Gasteiger partial charge < -0.3 is 20.1 Å². The fourth-order valence-electron chi connectivity index (χ4n) is 2.97. The van der Waals surface area contributed by atoms with Crippen LogP contribution in [0.2, 0.25) is 0 Å². The second kappa shape index (κ2) is 13.5.